The van der Waals surface area contributed by atoms with Gasteiger partial charge in [-0.3, -0.25) is 24.0 Å². The molecule has 3 fully saturated rings. The summed E-state index contributed by atoms with van der Waals surface area (Å²) >= 11 is 19.2. The Hall–Kier alpha value is -2.41. The average molecular weight is 787 g/mol. The first kappa shape index (κ1) is 40.4. The minimum absolute atomic E-state index is 0.0363. The minimum atomic E-state index is -2.39. The van der Waals surface area contributed by atoms with Crippen molar-refractivity contribution in [2.75, 3.05) is 19.0 Å². The maximum Gasteiger partial charge on any atom is 0.303 e. The molecule has 278 valence electrons. The highest BCUT2D eigenvalue weighted by molar-refractivity contribution is 7.99. The molecule has 3 aliphatic rings. The van der Waals surface area contributed by atoms with Gasteiger partial charge in [-0.05, 0) is 5.75 Å². The first-order valence-corrected chi connectivity index (χ1v) is 17.7. The van der Waals surface area contributed by atoms with E-state index >= 15 is 0 Å². The highest BCUT2D eigenvalue weighted by Gasteiger charge is 2.57. The van der Waals surface area contributed by atoms with Gasteiger partial charge in [-0.15, -0.1) is 11.8 Å². The van der Waals surface area contributed by atoms with Gasteiger partial charge >= 0.3 is 23.9 Å². The van der Waals surface area contributed by atoms with Crippen LogP contribution in [0.1, 0.15) is 46.5 Å². The van der Waals surface area contributed by atoms with Crippen molar-refractivity contribution in [1.82, 2.24) is 5.32 Å². The highest BCUT2D eigenvalue weighted by atomic mass is 35.6. The van der Waals surface area contributed by atoms with E-state index < -0.39 is 107 Å². The topological polar surface area (TPSA) is 180 Å². The normalized spacial score (nSPS) is 32.5. The van der Waals surface area contributed by atoms with Crippen LogP contribution in [-0.2, 0) is 66.6 Å². The molecule has 0 aliphatic carbocycles. The number of alkyl halides is 3. The number of thioether (sulfide) groups is 1. The summed E-state index contributed by atoms with van der Waals surface area (Å²) in [5.74, 6) is -3.63. The summed E-state index contributed by atoms with van der Waals surface area (Å²) in [5.41, 5.74) is -0.155. The lowest BCUT2D eigenvalue weighted by atomic mass is 9.95. The smallest absolute Gasteiger partial charge is 0.303 e. The molecule has 50 heavy (non-hydrogen) atoms. The Balaban J connectivity index is 1.81. The monoisotopic (exact) mass is 785 g/mol. The van der Waals surface area contributed by atoms with Crippen molar-refractivity contribution in [3.63, 3.8) is 0 Å². The van der Waals surface area contributed by atoms with Crippen LogP contribution in [0.4, 0.5) is 0 Å². The van der Waals surface area contributed by atoms with Crippen LogP contribution in [0.2, 0.25) is 0 Å². The molecule has 3 aliphatic heterocycles. The molecule has 19 heteroatoms. The van der Waals surface area contributed by atoms with Crippen molar-refractivity contribution in [2.45, 2.75) is 105 Å². The predicted molar refractivity (Wildman–Crippen MR) is 176 cm³/mol. The van der Waals surface area contributed by atoms with E-state index in [9.17, 15) is 24.0 Å². The molecule has 3 heterocycles. The first-order chi connectivity index (χ1) is 23.6. The van der Waals surface area contributed by atoms with Gasteiger partial charge in [-0.1, -0.05) is 72.1 Å². The number of esters is 4. The number of rotatable bonds is 11. The van der Waals surface area contributed by atoms with E-state index in [2.05, 4.69) is 5.32 Å². The molecule has 0 radical (unpaired) electrons. The van der Waals surface area contributed by atoms with Gasteiger partial charge in [0.2, 0.25) is 0 Å². The van der Waals surface area contributed by atoms with Gasteiger partial charge in [-0.25, -0.2) is 0 Å². The molecule has 15 nitrogen and oxygen atoms in total. The minimum Gasteiger partial charge on any atom is -0.463 e. The molecule has 1 aromatic carbocycles. The van der Waals surface area contributed by atoms with E-state index in [0.717, 1.165) is 27.7 Å². The standard InChI is InChI=1S/C31H38Cl3NO14S/c1-6-50-29-21(35-30(40)31(32,33)34)24(22-20(47-29)13-42-27(48-22)18-10-8-7-9-11-18)49-28-26(45-17(5)39)25(44-16(4)38)23(43-15(3)37)19(46-28)12-41-14(2)36/h7-11,19-29H,6,12-13H2,1-5H3,(H,35,40)/t19-,20-,21-,22-,23+,24-,25+,26-,27?,28+,29+/m1/s1. The number of fused-ring (bicyclic) bond motifs is 1. The van der Waals surface area contributed by atoms with Gasteiger partial charge in [-0.2, -0.15) is 0 Å². The van der Waals surface area contributed by atoms with E-state index in [0.29, 0.717) is 11.3 Å². The summed E-state index contributed by atoms with van der Waals surface area (Å²) < 4.78 is 51.0. The quantitative estimate of drug-likeness (QED) is 0.196. The van der Waals surface area contributed by atoms with Crippen molar-refractivity contribution >= 4 is 76.3 Å². The zero-order chi connectivity index (χ0) is 36.7. The number of amides is 1. The number of carbonyl (C=O) groups is 5. The molecule has 0 aromatic heterocycles. The Morgan fingerprint density at radius 1 is 0.840 bits per heavy atom. The third kappa shape index (κ3) is 10.6. The van der Waals surface area contributed by atoms with Crippen molar-refractivity contribution in [2.24, 2.45) is 0 Å². The van der Waals surface area contributed by atoms with Gasteiger partial charge in [0, 0.05) is 33.3 Å². The van der Waals surface area contributed by atoms with Crippen LogP contribution in [0.3, 0.4) is 0 Å². The molecular formula is C31H38Cl3NO14S. The second kappa shape index (κ2) is 17.9. The van der Waals surface area contributed by atoms with Gasteiger partial charge in [0.1, 0.15) is 36.5 Å². The van der Waals surface area contributed by atoms with Crippen LogP contribution >= 0.6 is 46.6 Å². The Morgan fingerprint density at radius 3 is 2.04 bits per heavy atom. The number of hydrogen-bond donors (Lipinski definition) is 1. The van der Waals surface area contributed by atoms with Crippen LogP contribution < -0.4 is 5.32 Å². The molecule has 0 saturated carbocycles. The van der Waals surface area contributed by atoms with Crippen molar-refractivity contribution < 1.29 is 66.6 Å². The Bertz CT molecular complexity index is 1370. The highest BCUT2D eigenvalue weighted by Crippen LogP contribution is 2.41. The van der Waals surface area contributed by atoms with Crippen molar-refractivity contribution in [3.05, 3.63) is 35.9 Å². The summed E-state index contributed by atoms with van der Waals surface area (Å²) in [5, 5.41) is 2.69. The molecule has 1 aromatic rings. The summed E-state index contributed by atoms with van der Waals surface area (Å²) in [6.07, 6.45) is -11.3. The van der Waals surface area contributed by atoms with Crippen LogP contribution in [0.5, 0.6) is 0 Å². The van der Waals surface area contributed by atoms with Gasteiger partial charge < -0.3 is 47.9 Å². The summed E-state index contributed by atoms with van der Waals surface area (Å²) in [4.78, 5) is 62.0. The molecular weight excluding hydrogens is 749 g/mol. The van der Waals surface area contributed by atoms with E-state index in [-0.39, 0.29) is 6.61 Å². The largest absolute Gasteiger partial charge is 0.463 e. The lowest BCUT2D eigenvalue weighted by molar-refractivity contribution is -0.357. The number of hydrogen-bond acceptors (Lipinski definition) is 15. The number of ether oxygens (including phenoxy) is 9. The van der Waals surface area contributed by atoms with E-state index in [1.54, 1.807) is 24.3 Å². The third-order valence-electron chi connectivity index (χ3n) is 7.54. The van der Waals surface area contributed by atoms with E-state index in [4.69, 9.17) is 77.4 Å². The summed E-state index contributed by atoms with van der Waals surface area (Å²) in [6.45, 7) is 5.87. The second-order valence-electron chi connectivity index (χ2n) is 11.3. The lowest BCUT2D eigenvalue weighted by Crippen LogP contribution is -2.69. The zero-order valence-corrected chi connectivity index (χ0v) is 30.7. The molecule has 3 saturated heterocycles. The number of halogens is 3. The number of carbonyl (C=O) groups excluding carboxylic acids is 5. The van der Waals surface area contributed by atoms with E-state index in [1.807, 2.05) is 13.0 Å². The fourth-order valence-electron chi connectivity index (χ4n) is 5.66. The summed E-state index contributed by atoms with van der Waals surface area (Å²) in [6, 6.07) is 7.91. The molecule has 1 amide bonds. The molecule has 0 spiro atoms. The molecule has 4 rings (SSSR count). The van der Waals surface area contributed by atoms with E-state index in [1.165, 1.54) is 11.8 Å². The van der Waals surface area contributed by atoms with Gasteiger partial charge in [0.05, 0.1) is 12.6 Å². The van der Waals surface area contributed by atoms with Crippen LogP contribution in [0, 0.1) is 0 Å². The molecule has 0 bridgehead atoms. The SMILES string of the molecule is CCS[C@@H]1O[C@@H]2COC(c3ccccc3)O[C@H]2[C@H](O[C@@H]2O[C@H](COC(C)=O)[C@H](OC(C)=O)[C@H](OC(C)=O)[C@H]2OC(C)=O)[C@H]1NC(=O)C(Cl)(Cl)Cl. The fraction of sp³-hybridized carbons (Fsp3) is 0.645. The number of nitrogens with one attached hydrogen (secondary N) is 1. The van der Waals surface area contributed by atoms with Crippen molar-refractivity contribution in [3.8, 4) is 0 Å². The molecule has 11 atom stereocenters. The second-order valence-corrected chi connectivity index (χ2v) is 15.0. The molecule has 1 unspecified atom stereocenters. The molecule has 1 N–H and O–H groups in total. The summed E-state index contributed by atoms with van der Waals surface area (Å²) in [7, 11) is 0. The van der Waals surface area contributed by atoms with Crippen LogP contribution in [0.25, 0.3) is 0 Å². The Kier molecular flexibility index (Phi) is 14.4. The first-order valence-electron chi connectivity index (χ1n) is 15.5. The number of benzene rings is 1. The maximum absolute atomic E-state index is 13.1. The van der Waals surface area contributed by atoms with Gasteiger partial charge in [0.15, 0.2) is 30.9 Å². The lowest BCUT2D eigenvalue weighted by Gasteiger charge is -2.51. The van der Waals surface area contributed by atoms with Crippen molar-refractivity contribution in [1.29, 1.82) is 0 Å². The zero-order valence-electron chi connectivity index (χ0n) is 27.6. The Labute approximate surface area is 307 Å². The predicted octanol–water partition coefficient (Wildman–Crippen LogP) is 2.90. The van der Waals surface area contributed by atoms with Crippen LogP contribution in [-0.4, -0.2) is 113 Å². The fourth-order valence-corrected chi connectivity index (χ4v) is 6.80. The third-order valence-corrected chi connectivity index (χ3v) is 9.12. The Morgan fingerprint density at radius 2 is 1.46 bits per heavy atom. The van der Waals surface area contributed by atoms with Gasteiger partial charge in [0.25, 0.3) is 9.70 Å². The average Bonchev–Trinajstić information content (AvgIpc) is 3.03. The van der Waals surface area contributed by atoms with Crippen LogP contribution in [0.15, 0.2) is 30.3 Å². The maximum atomic E-state index is 13.1.